The molecule has 11 aromatic rings. The van der Waals surface area contributed by atoms with Gasteiger partial charge in [0.15, 0.2) is 0 Å². The number of hydrogen-bond acceptors (Lipinski definition) is 2. The van der Waals surface area contributed by atoms with E-state index in [2.05, 4.69) is 193 Å². The van der Waals surface area contributed by atoms with Crippen molar-refractivity contribution in [2.45, 2.75) is 0 Å². The van der Waals surface area contributed by atoms with Gasteiger partial charge in [-0.05, 0) is 91.0 Å². The smallest absolute Gasteiger partial charge is 0.235 e. The van der Waals surface area contributed by atoms with Crippen LogP contribution in [0.1, 0.15) is 0 Å². The van der Waals surface area contributed by atoms with Crippen molar-refractivity contribution in [1.29, 1.82) is 0 Å². The zero-order valence-corrected chi connectivity index (χ0v) is 28.7. The Morgan fingerprint density at radius 1 is 0.302 bits per heavy atom. The van der Waals surface area contributed by atoms with Crippen molar-refractivity contribution < 1.29 is 0 Å². The van der Waals surface area contributed by atoms with E-state index in [1.54, 1.807) is 0 Å². The summed E-state index contributed by atoms with van der Waals surface area (Å²) in [5.41, 5.74) is 9.64. The Morgan fingerprint density at radius 3 is 1.64 bits per heavy atom. The Kier molecular flexibility index (Phi) is 6.55. The van der Waals surface area contributed by atoms with Crippen LogP contribution < -0.4 is 0 Å². The van der Waals surface area contributed by atoms with Gasteiger partial charge < -0.3 is 0 Å². The zero-order valence-electron chi connectivity index (χ0n) is 28.7. The minimum Gasteiger partial charge on any atom is -0.278 e. The van der Waals surface area contributed by atoms with Crippen LogP contribution in [0.15, 0.2) is 188 Å². The van der Waals surface area contributed by atoms with Gasteiger partial charge in [0.05, 0.1) is 22.2 Å². The Hall–Kier alpha value is -7.10. The molecule has 0 fully saturated rings. The van der Waals surface area contributed by atoms with Crippen LogP contribution in [0, 0.1) is 0 Å². The summed E-state index contributed by atoms with van der Waals surface area (Å²) < 4.78 is 2.27. The lowest BCUT2D eigenvalue weighted by Gasteiger charge is -2.14. The van der Waals surface area contributed by atoms with Crippen molar-refractivity contribution in [3.05, 3.63) is 188 Å². The summed E-state index contributed by atoms with van der Waals surface area (Å²) in [5, 5.41) is 10.7. The molecule has 0 unspecified atom stereocenters. The summed E-state index contributed by atoms with van der Waals surface area (Å²) in [6, 6.07) is 67.5. The van der Waals surface area contributed by atoms with Gasteiger partial charge in [0.1, 0.15) is 0 Å². The lowest BCUT2D eigenvalue weighted by atomic mass is 9.97. The van der Waals surface area contributed by atoms with Crippen molar-refractivity contribution >= 4 is 65.0 Å². The first-order valence-corrected chi connectivity index (χ1v) is 18.1. The van der Waals surface area contributed by atoms with E-state index in [1.807, 2.05) is 0 Å². The number of fused-ring (bicyclic) bond motifs is 8. The highest BCUT2D eigenvalue weighted by Gasteiger charge is 2.19. The predicted octanol–water partition coefficient (Wildman–Crippen LogP) is 13.2. The molecule has 0 radical (unpaired) electrons. The van der Waals surface area contributed by atoms with Crippen LogP contribution in [0.25, 0.3) is 104 Å². The summed E-state index contributed by atoms with van der Waals surface area (Å²) in [6.07, 6.45) is 0. The molecular weight excluding hydrogens is 643 g/mol. The van der Waals surface area contributed by atoms with Gasteiger partial charge in [0.25, 0.3) is 0 Å². The van der Waals surface area contributed by atoms with Crippen LogP contribution >= 0.6 is 0 Å². The van der Waals surface area contributed by atoms with E-state index in [9.17, 15) is 0 Å². The largest absolute Gasteiger partial charge is 0.278 e. The molecule has 0 atom stereocenters. The number of benzene rings is 9. The number of rotatable bonds is 4. The SMILES string of the molecule is c1ccc(-c2ccc3c(-c4ccc5c(ccc6ccccc65)c4)nc(-n4c5cc(-c6ccccc6)ccc5c5cc6ccccc6cc54)nc3c2)cc1. The molecule has 246 valence electrons. The first-order valence-electron chi connectivity index (χ1n) is 18.1. The molecule has 2 heterocycles. The standard InChI is InChI=1S/C50H31N3/c1-3-11-32(12-4-1)37-22-26-44-46(29-37)51-50(52-49(44)40-23-24-42-39(27-40)20-19-34-15-9-10-18-41(34)42)53-47-31-38(33-13-5-2-6-14-33)21-25-43(47)45-28-35-16-7-8-17-36(35)30-48(45)53/h1-31H. The Balaban J connectivity index is 1.23. The molecule has 0 N–H and O–H groups in total. The van der Waals surface area contributed by atoms with Crippen LogP contribution in [0.2, 0.25) is 0 Å². The molecule has 0 saturated carbocycles. The number of nitrogens with zero attached hydrogens (tertiary/aromatic N) is 3. The first-order chi connectivity index (χ1) is 26.2. The molecule has 0 spiro atoms. The third-order valence-corrected chi connectivity index (χ3v) is 10.8. The Labute approximate surface area is 306 Å². The van der Waals surface area contributed by atoms with Crippen molar-refractivity contribution in [3.63, 3.8) is 0 Å². The van der Waals surface area contributed by atoms with Crippen molar-refractivity contribution in [3.8, 4) is 39.5 Å². The molecule has 0 aliphatic rings. The van der Waals surface area contributed by atoms with Gasteiger partial charge in [-0.2, -0.15) is 0 Å². The molecule has 0 bridgehead atoms. The fraction of sp³-hybridized carbons (Fsp3) is 0. The Morgan fingerprint density at radius 2 is 0.868 bits per heavy atom. The molecule has 11 rings (SSSR count). The minimum absolute atomic E-state index is 0.650. The molecule has 53 heavy (non-hydrogen) atoms. The second-order valence-corrected chi connectivity index (χ2v) is 13.8. The predicted molar refractivity (Wildman–Crippen MR) is 223 cm³/mol. The van der Waals surface area contributed by atoms with Gasteiger partial charge in [0.2, 0.25) is 5.95 Å². The molecule has 3 nitrogen and oxygen atoms in total. The summed E-state index contributed by atoms with van der Waals surface area (Å²) in [4.78, 5) is 10.9. The van der Waals surface area contributed by atoms with Crippen molar-refractivity contribution in [1.82, 2.24) is 14.5 Å². The van der Waals surface area contributed by atoms with E-state index in [1.165, 1.54) is 48.7 Å². The van der Waals surface area contributed by atoms with E-state index in [0.717, 1.165) is 49.9 Å². The fourth-order valence-electron chi connectivity index (χ4n) is 8.14. The Bertz CT molecular complexity index is 3210. The highest BCUT2D eigenvalue weighted by molar-refractivity contribution is 6.14. The zero-order chi connectivity index (χ0) is 34.9. The topological polar surface area (TPSA) is 30.7 Å². The van der Waals surface area contributed by atoms with E-state index in [0.29, 0.717) is 5.95 Å². The van der Waals surface area contributed by atoms with Gasteiger partial charge in [-0.3, -0.25) is 4.57 Å². The number of hydrogen-bond donors (Lipinski definition) is 0. The van der Waals surface area contributed by atoms with Gasteiger partial charge in [-0.25, -0.2) is 9.97 Å². The van der Waals surface area contributed by atoms with Crippen LogP contribution in [-0.4, -0.2) is 14.5 Å². The van der Waals surface area contributed by atoms with Crippen LogP contribution in [0.5, 0.6) is 0 Å². The summed E-state index contributed by atoms with van der Waals surface area (Å²) >= 11 is 0. The second kappa shape index (κ2) is 11.7. The average Bonchev–Trinajstić information content (AvgIpc) is 3.54. The third kappa shape index (κ3) is 4.82. The quantitative estimate of drug-likeness (QED) is 0.174. The maximum absolute atomic E-state index is 5.52. The van der Waals surface area contributed by atoms with E-state index in [4.69, 9.17) is 9.97 Å². The van der Waals surface area contributed by atoms with Crippen LogP contribution in [-0.2, 0) is 0 Å². The highest BCUT2D eigenvalue weighted by atomic mass is 15.2. The van der Waals surface area contributed by atoms with Crippen molar-refractivity contribution in [2.24, 2.45) is 0 Å². The van der Waals surface area contributed by atoms with Gasteiger partial charge in [-0.15, -0.1) is 0 Å². The highest BCUT2D eigenvalue weighted by Crippen LogP contribution is 2.39. The lowest BCUT2D eigenvalue weighted by Crippen LogP contribution is -2.04. The normalized spacial score (nSPS) is 11.8. The third-order valence-electron chi connectivity index (χ3n) is 10.8. The van der Waals surface area contributed by atoms with E-state index >= 15 is 0 Å². The summed E-state index contributed by atoms with van der Waals surface area (Å²) in [5.74, 6) is 0.650. The van der Waals surface area contributed by atoms with Crippen LogP contribution in [0.4, 0.5) is 0 Å². The minimum atomic E-state index is 0.650. The molecule has 2 aromatic heterocycles. The molecule has 3 heteroatoms. The monoisotopic (exact) mass is 673 g/mol. The first kappa shape index (κ1) is 29.6. The van der Waals surface area contributed by atoms with Gasteiger partial charge in [-0.1, -0.05) is 152 Å². The van der Waals surface area contributed by atoms with Crippen LogP contribution in [0.3, 0.4) is 0 Å². The lowest BCUT2D eigenvalue weighted by molar-refractivity contribution is 1.01. The van der Waals surface area contributed by atoms with Gasteiger partial charge in [0, 0.05) is 21.7 Å². The van der Waals surface area contributed by atoms with E-state index in [-0.39, 0.29) is 0 Å². The fourth-order valence-corrected chi connectivity index (χ4v) is 8.14. The summed E-state index contributed by atoms with van der Waals surface area (Å²) in [6.45, 7) is 0. The van der Waals surface area contributed by atoms with Crippen molar-refractivity contribution in [2.75, 3.05) is 0 Å². The molecule has 0 amide bonds. The molecular formula is C50H31N3. The molecule has 9 aromatic carbocycles. The second-order valence-electron chi connectivity index (χ2n) is 13.8. The van der Waals surface area contributed by atoms with E-state index < -0.39 is 0 Å². The molecule has 0 saturated heterocycles. The maximum atomic E-state index is 5.52. The molecule has 0 aliphatic carbocycles. The number of aromatic nitrogens is 3. The summed E-state index contributed by atoms with van der Waals surface area (Å²) in [7, 11) is 0. The maximum Gasteiger partial charge on any atom is 0.235 e. The average molecular weight is 674 g/mol. The van der Waals surface area contributed by atoms with Gasteiger partial charge >= 0.3 is 0 Å². The molecule has 0 aliphatic heterocycles.